The molecule has 7 rings (SSSR count). The third-order valence-corrected chi connectivity index (χ3v) is 10.6. The summed E-state index contributed by atoms with van der Waals surface area (Å²) in [4.78, 5) is 8.94. The molecule has 7 aromatic rings. The molecule has 227 valence electrons. The minimum atomic E-state index is -2.28. The zero-order chi connectivity index (χ0) is 35.8. The number of hydrogen-bond donors (Lipinski definition) is 0. The minimum absolute atomic E-state index is 0. The molecule has 0 unspecified atom stereocenters. The topological polar surface area (TPSA) is 25.8 Å². The molecule has 3 aromatic heterocycles. The average molecular weight is 807 g/mol. The van der Waals surface area contributed by atoms with Crippen LogP contribution in [-0.2, 0) is 20.1 Å². The average Bonchev–Trinajstić information content (AvgIpc) is 3.48. The van der Waals surface area contributed by atoms with Crippen LogP contribution >= 0.6 is 11.3 Å². The summed E-state index contributed by atoms with van der Waals surface area (Å²) in [6.45, 7) is 2.47. The maximum absolute atomic E-state index is 14.5. The predicted molar refractivity (Wildman–Crippen MR) is 188 cm³/mol. The fourth-order valence-corrected chi connectivity index (χ4v) is 7.22. The molecule has 0 atom stereocenters. The van der Waals surface area contributed by atoms with E-state index in [0.29, 0.717) is 22.2 Å². The van der Waals surface area contributed by atoms with Crippen LogP contribution in [0.1, 0.15) is 19.4 Å². The van der Waals surface area contributed by atoms with Crippen LogP contribution in [0.25, 0.3) is 53.8 Å². The molecule has 0 saturated carbocycles. The molecule has 1 radical (unpaired) electrons. The molecule has 0 spiro atoms. The van der Waals surface area contributed by atoms with Gasteiger partial charge in [0.15, 0.2) is 0 Å². The van der Waals surface area contributed by atoms with Crippen molar-refractivity contribution in [2.45, 2.75) is 33.3 Å². The van der Waals surface area contributed by atoms with E-state index >= 15 is 0 Å². The summed E-state index contributed by atoms with van der Waals surface area (Å²) in [6, 6.07) is 35.1. The van der Waals surface area contributed by atoms with Gasteiger partial charge in [-0.1, -0.05) is 86.5 Å². The molecule has 2 nitrogen and oxygen atoms in total. The molecule has 0 N–H and O–H groups in total. The predicted octanol–water partition coefficient (Wildman–Crippen LogP) is 10.4. The molecule has 3 heterocycles. The first-order chi connectivity index (χ1) is 23.6. The molecule has 0 fully saturated rings. The number of rotatable bonds is 4. The van der Waals surface area contributed by atoms with E-state index in [1.807, 2.05) is 54.7 Å². The van der Waals surface area contributed by atoms with Gasteiger partial charge in [-0.25, -0.2) is 4.39 Å². The smallest absolute Gasteiger partial charge is 0.130 e. The summed E-state index contributed by atoms with van der Waals surface area (Å²) in [6.07, 6.45) is 3.35. The second kappa shape index (κ2) is 13.7. The molecule has 0 saturated heterocycles. The third-order valence-electron chi connectivity index (χ3n) is 7.37. The Morgan fingerprint density at radius 2 is 1.64 bits per heavy atom. The monoisotopic (exact) mass is 807 g/mol. The Morgan fingerprint density at radius 3 is 2.33 bits per heavy atom. The first-order valence-electron chi connectivity index (χ1n) is 17.2. The van der Waals surface area contributed by atoms with Crippen molar-refractivity contribution in [3.8, 4) is 33.6 Å². The molecule has 0 aliphatic rings. The van der Waals surface area contributed by atoms with E-state index in [2.05, 4.69) is 47.8 Å². The largest absolute Gasteiger partial charge is 0.305 e. The number of pyridine rings is 2. The first kappa shape index (κ1) is 25.4. The van der Waals surface area contributed by atoms with Gasteiger partial charge in [0.1, 0.15) is 5.82 Å². The summed E-state index contributed by atoms with van der Waals surface area (Å²) in [7, 11) is -1.34. The van der Waals surface area contributed by atoms with Crippen molar-refractivity contribution >= 4 is 44.8 Å². The Labute approximate surface area is 291 Å². The molecule has 0 amide bonds. The van der Waals surface area contributed by atoms with E-state index in [1.165, 1.54) is 34.9 Å². The molecular formula is C39H33FIrN2SSi-2. The Bertz CT molecular complexity index is 2230. The van der Waals surface area contributed by atoms with Gasteiger partial charge in [0.05, 0.1) is 8.07 Å². The van der Waals surface area contributed by atoms with Gasteiger partial charge in [-0.2, -0.15) is 11.3 Å². The number of nitrogens with zero attached hydrogens (tertiary/aromatic N) is 2. The normalized spacial score (nSPS) is 13.7. The summed E-state index contributed by atoms with van der Waals surface area (Å²) in [5, 5.41) is 2.71. The minimum Gasteiger partial charge on any atom is -0.305 e. The summed E-state index contributed by atoms with van der Waals surface area (Å²) in [5.41, 5.74) is 4.91. The van der Waals surface area contributed by atoms with E-state index in [-0.39, 0.29) is 31.5 Å². The zero-order valence-corrected chi connectivity index (χ0v) is 29.1. The molecule has 0 aliphatic heterocycles. The van der Waals surface area contributed by atoms with Crippen LogP contribution in [-0.4, -0.2) is 18.0 Å². The van der Waals surface area contributed by atoms with Crippen LogP contribution in [0.5, 0.6) is 0 Å². The van der Waals surface area contributed by atoms with Crippen molar-refractivity contribution < 1.29 is 32.7 Å². The van der Waals surface area contributed by atoms with Crippen molar-refractivity contribution in [2.24, 2.45) is 0 Å². The van der Waals surface area contributed by atoms with E-state index in [1.54, 1.807) is 30.3 Å². The van der Waals surface area contributed by atoms with Gasteiger partial charge in [-0.3, -0.25) is 0 Å². The Kier molecular flexibility index (Phi) is 7.72. The summed E-state index contributed by atoms with van der Waals surface area (Å²) in [5.74, 6) is -0.258. The molecule has 4 aromatic carbocycles. The zero-order valence-electron chi connectivity index (χ0n) is 30.9. The van der Waals surface area contributed by atoms with Crippen molar-refractivity contribution in [1.82, 2.24) is 9.97 Å². The van der Waals surface area contributed by atoms with E-state index in [9.17, 15) is 4.39 Å². The standard InChI is InChI=1S/C24H15FNS.C15H18NSi.Ir/c1-15-14-26-21(13-19(15)16-7-3-2-4-8-16)17-9-5-10-18-23-20(25)11-6-12-22(23)27-24(17)18;1-12-5-7-13(8-6-12)15-10-9-14(11-16-15)17(2,3)4;/h2-8,10-14H,1H3;5-7,9-11H,1-4H3;/q2*-1;/i2*1D3;. The number of hydrogen-bond acceptors (Lipinski definition) is 3. The van der Waals surface area contributed by atoms with Crippen molar-refractivity contribution in [2.75, 3.05) is 0 Å². The number of fused-ring (bicyclic) bond motifs is 3. The Hall–Kier alpha value is -3.80. The summed E-state index contributed by atoms with van der Waals surface area (Å²) >= 11 is 1.49. The maximum atomic E-state index is 14.5. The summed E-state index contributed by atoms with van der Waals surface area (Å²) < 4.78 is 62.0. The van der Waals surface area contributed by atoms with E-state index in [0.717, 1.165) is 37.2 Å². The molecule has 45 heavy (non-hydrogen) atoms. The fraction of sp³-hybridized carbons (Fsp3) is 0.128. The van der Waals surface area contributed by atoms with E-state index < -0.39 is 21.8 Å². The SMILES string of the molecule is [2H]C([2H])([2H])c1c[c-]c(-c2ccc([Si](C)(C)C)cn2)cc1.[2H]C([2H])([2H])c1cnc(-c2[c-]ccc3c2sc2cccc(F)c23)cc1-c1ccccc1.[Ir]. The molecule has 0 aliphatic carbocycles. The van der Waals surface area contributed by atoms with Crippen LogP contribution in [0.4, 0.5) is 4.39 Å². The second-order valence-corrected chi connectivity index (χ2v) is 17.6. The number of aromatic nitrogens is 2. The van der Waals surface area contributed by atoms with Gasteiger partial charge in [0, 0.05) is 50.8 Å². The van der Waals surface area contributed by atoms with E-state index in [4.69, 9.17) is 8.22 Å². The van der Waals surface area contributed by atoms with Gasteiger partial charge in [-0.05, 0) is 56.9 Å². The number of thiophene rings is 1. The fourth-order valence-electron chi connectivity index (χ4n) is 4.97. The quantitative estimate of drug-likeness (QED) is 0.131. The molecule has 0 bridgehead atoms. The van der Waals surface area contributed by atoms with Crippen LogP contribution in [0.2, 0.25) is 19.6 Å². The molecular weight excluding hydrogens is 768 g/mol. The van der Waals surface area contributed by atoms with Gasteiger partial charge in [-0.15, -0.1) is 59.2 Å². The number of benzene rings is 4. The van der Waals surface area contributed by atoms with Gasteiger partial charge in [0.25, 0.3) is 0 Å². The van der Waals surface area contributed by atoms with Crippen LogP contribution in [0, 0.1) is 31.7 Å². The Balaban J connectivity index is 0.000000211. The van der Waals surface area contributed by atoms with Crippen LogP contribution in [0.3, 0.4) is 0 Å². The number of halogens is 1. The van der Waals surface area contributed by atoms with Gasteiger partial charge < -0.3 is 9.97 Å². The Morgan fingerprint density at radius 1 is 0.822 bits per heavy atom. The second-order valence-electron chi connectivity index (χ2n) is 11.5. The van der Waals surface area contributed by atoms with Crippen LogP contribution in [0.15, 0.2) is 109 Å². The van der Waals surface area contributed by atoms with Crippen molar-refractivity contribution in [3.63, 3.8) is 0 Å². The van der Waals surface area contributed by atoms with Gasteiger partial charge in [0.2, 0.25) is 0 Å². The van der Waals surface area contributed by atoms with Crippen molar-refractivity contribution in [3.05, 3.63) is 139 Å². The maximum Gasteiger partial charge on any atom is 0.130 e. The van der Waals surface area contributed by atoms with Gasteiger partial charge >= 0.3 is 0 Å². The van der Waals surface area contributed by atoms with Crippen LogP contribution < -0.4 is 5.19 Å². The van der Waals surface area contributed by atoms with Crippen molar-refractivity contribution in [1.29, 1.82) is 0 Å². The number of aryl methyl sites for hydroxylation is 2. The molecule has 6 heteroatoms. The third kappa shape index (κ3) is 7.05. The first-order valence-corrected chi connectivity index (χ1v) is 18.5.